The molecule has 1 aliphatic rings. The number of carbonyl (C=O) groups is 1. The average Bonchev–Trinajstić information content (AvgIpc) is 1.96. The maximum atomic E-state index is 10.8. The van der Waals surface area contributed by atoms with Crippen molar-refractivity contribution in [2.75, 3.05) is 0 Å². The molecule has 16 heavy (non-hydrogen) atoms. The number of allylic oxidation sites excluding steroid dienone is 1. The highest BCUT2D eigenvalue weighted by Crippen LogP contribution is 2.33. The Morgan fingerprint density at radius 1 is 1.25 bits per heavy atom. The topological polar surface area (TPSA) is 49.3 Å². The zero-order chi connectivity index (χ0) is 12.6. The van der Waals surface area contributed by atoms with Crippen LogP contribution < -0.4 is 5.32 Å². The third-order valence-corrected chi connectivity index (χ3v) is 3.04. The SMILES string of the molecule is CC(=CC1CC(C)(C)NC(C)(C)C1)C(=O)O. The van der Waals surface area contributed by atoms with E-state index < -0.39 is 5.97 Å². The first-order valence-corrected chi connectivity index (χ1v) is 5.82. The molecular weight excluding hydrogens is 202 g/mol. The van der Waals surface area contributed by atoms with E-state index in [0.29, 0.717) is 11.5 Å². The Labute approximate surface area is 97.9 Å². The Hall–Kier alpha value is -0.830. The molecule has 0 spiro atoms. The fraction of sp³-hybridized carbons (Fsp3) is 0.769. The van der Waals surface area contributed by atoms with Crippen molar-refractivity contribution in [1.82, 2.24) is 5.32 Å². The molecule has 3 nitrogen and oxygen atoms in total. The molecule has 0 atom stereocenters. The van der Waals surface area contributed by atoms with Gasteiger partial charge < -0.3 is 10.4 Å². The van der Waals surface area contributed by atoms with Crippen molar-refractivity contribution < 1.29 is 9.90 Å². The number of hydrogen-bond donors (Lipinski definition) is 2. The molecule has 0 aromatic heterocycles. The number of aliphatic carboxylic acids is 1. The molecule has 0 aliphatic carbocycles. The summed E-state index contributed by atoms with van der Waals surface area (Å²) >= 11 is 0. The molecule has 0 aromatic rings. The van der Waals surface area contributed by atoms with Crippen molar-refractivity contribution >= 4 is 5.97 Å². The van der Waals surface area contributed by atoms with Gasteiger partial charge in [-0.05, 0) is 53.4 Å². The third-order valence-electron chi connectivity index (χ3n) is 3.04. The zero-order valence-corrected chi connectivity index (χ0v) is 10.9. The van der Waals surface area contributed by atoms with Gasteiger partial charge in [0.05, 0.1) is 0 Å². The summed E-state index contributed by atoms with van der Waals surface area (Å²) in [5.41, 5.74) is 0.599. The number of nitrogens with one attached hydrogen (secondary N) is 1. The molecule has 1 aliphatic heterocycles. The summed E-state index contributed by atoms with van der Waals surface area (Å²) in [4.78, 5) is 10.8. The van der Waals surface area contributed by atoms with E-state index in [2.05, 4.69) is 33.0 Å². The van der Waals surface area contributed by atoms with Crippen LogP contribution in [0.1, 0.15) is 47.5 Å². The van der Waals surface area contributed by atoms with Crippen LogP contribution in [0.25, 0.3) is 0 Å². The van der Waals surface area contributed by atoms with Crippen LogP contribution in [0.5, 0.6) is 0 Å². The van der Waals surface area contributed by atoms with Crippen LogP contribution in [0, 0.1) is 5.92 Å². The van der Waals surface area contributed by atoms with E-state index in [1.165, 1.54) is 0 Å². The highest BCUT2D eigenvalue weighted by molar-refractivity contribution is 5.85. The molecule has 2 N–H and O–H groups in total. The average molecular weight is 225 g/mol. The fourth-order valence-corrected chi connectivity index (χ4v) is 2.94. The van der Waals surface area contributed by atoms with Gasteiger partial charge in [-0.25, -0.2) is 4.79 Å². The quantitative estimate of drug-likeness (QED) is 0.710. The molecule has 0 unspecified atom stereocenters. The van der Waals surface area contributed by atoms with Crippen molar-refractivity contribution in [3.63, 3.8) is 0 Å². The smallest absolute Gasteiger partial charge is 0.330 e. The molecule has 92 valence electrons. The van der Waals surface area contributed by atoms with Crippen molar-refractivity contribution in [2.24, 2.45) is 5.92 Å². The number of rotatable bonds is 2. The number of hydrogen-bond acceptors (Lipinski definition) is 2. The first-order chi connectivity index (χ1) is 7.11. The number of carboxylic acid groups (broad SMARTS) is 1. The monoisotopic (exact) mass is 225 g/mol. The van der Waals surface area contributed by atoms with Crippen LogP contribution in [0.2, 0.25) is 0 Å². The second kappa shape index (κ2) is 4.21. The van der Waals surface area contributed by atoms with E-state index in [1.807, 2.05) is 6.08 Å². The van der Waals surface area contributed by atoms with Crippen LogP contribution in [-0.2, 0) is 4.79 Å². The van der Waals surface area contributed by atoms with E-state index in [-0.39, 0.29) is 11.1 Å². The normalized spacial score (nSPS) is 25.4. The van der Waals surface area contributed by atoms with E-state index in [0.717, 1.165) is 12.8 Å². The summed E-state index contributed by atoms with van der Waals surface area (Å²) in [7, 11) is 0. The van der Waals surface area contributed by atoms with Gasteiger partial charge in [-0.1, -0.05) is 6.08 Å². The molecule has 0 saturated carbocycles. The van der Waals surface area contributed by atoms with Gasteiger partial charge in [0.2, 0.25) is 0 Å². The van der Waals surface area contributed by atoms with Gasteiger partial charge in [-0.15, -0.1) is 0 Å². The summed E-state index contributed by atoms with van der Waals surface area (Å²) in [5, 5.41) is 12.5. The molecule has 0 radical (unpaired) electrons. The van der Waals surface area contributed by atoms with Gasteiger partial charge in [-0.3, -0.25) is 0 Å². The van der Waals surface area contributed by atoms with Crippen molar-refractivity contribution in [3.05, 3.63) is 11.6 Å². The summed E-state index contributed by atoms with van der Waals surface area (Å²) in [6.07, 6.45) is 3.88. The van der Waals surface area contributed by atoms with Gasteiger partial charge in [0.25, 0.3) is 0 Å². The minimum Gasteiger partial charge on any atom is -0.478 e. The predicted molar refractivity (Wildman–Crippen MR) is 65.4 cm³/mol. The molecule has 3 heteroatoms. The second-order valence-electron chi connectivity index (χ2n) is 6.22. The Balaban J connectivity index is 2.83. The van der Waals surface area contributed by atoms with Crippen LogP contribution in [0.4, 0.5) is 0 Å². The lowest BCUT2D eigenvalue weighted by Gasteiger charge is -2.46. The highest BCUT2D eigenvalue weighted by Gasteiger charge is 2.36. The minimum atomic E-state index is -0.811. The summed E-state index contributed by atoms with van der Waals surface area (Å²) in [6.45, 7) is 10.4. The molecule has 1 heterocycles. The maximum absolute atomic E-state index is 10.8. The van der Waals surface area contributed by atoms with Gasteiger partial charge in [-0.2, -0.15) is 0 Å². The van der Waals surface area contributed by atoms with E-state index in [4.69, 9.17) is 5.11 Å². The first-order valence-electron chi connectivity index (χ1n) is 5.82. The summed E-state index contributed by atoms with van der Waals surface area (Å²) in [5.74, 6) is -0.462. The molecular formula is C13H23NO2. The fourth-order valence-electron chi connectivity index (χ4n) is 2.94. The number of piperidine rings is 1. The van der Waals surface area contributed by atoms with Crippen LogP contribution in [0.15, 0.2) is 11.6 Å². The third kappa shape index (κ3) is 3.63. The Morgan fingerprint density at radius 2 is 1.69 bits per heavy atom. The van der Waals surface area contributed by atoms with Crippen LogP contribution in [-0.4, -0.2) is 22.2 Å². The van der Waals surface area contributed by atoms with Gasteiger partial charge >= 0.3 is 5.97 Å². The van der Waals surface area contributed by atoms with E-state index >= 15 is 0 Å². The predicted octanol–water partition coefficient (Wildman–Crippen LogP) is 2.57. The molecule has 0 aromatic carbocycles. The lowest BCUT2D eigenvalue weighted by Crippen LogP contribution is -2.57. The molecule has 1 saturated heterocycles. The minimum absolute atomic E-state index is 0.0711. The van der Waals surface area contributed by atoms with Gasteiger partial charge in [0.1, 0.15) is 0 Å². The molecule has 1 rings (SSSR count). The largest absolute Gasteiger partial charge is 0.478 e. The van der Waals surface area contributed by atoms with Crippen molar-refractivity contribution in [1.29, 1.82) is 0 Å². The Morgan fingerprint density at radius 3 is 2.06 bits per heavy atom. The van der Waals surface area contributed by atoms with Crippen LogP contribution >= 0.6 is 0 Å². The summed E-state index contributed by atoms with van der Waals surface area (Å²) < 4.78 is 0. The van der Waals surface area contributed by atoms with Gasteiger partial charge in [0.15, 0.2) is 0 Å². The Kier molecular flexibility index (Phi) is 3.48. The highest BCUT2D eigenvalue weighted by atomic mass is 16.4. The van der Waals surface area contributed by atoms with Crippen molar-refractivity contribution in [3.8, 4) is 0 Å². The molecule has 0 bridgehead atoms. The van der Waals surface area contributed by atoms with Gasteiger partial charge in [0, 0.05) is 16.7 Å². The maximum Gasteiger partial charge on any atom is 0.330 e. The summed E-state index contributed by atoms with van der Waals surface area (Å²) in [6, 6.07) is 0. The lowest BCUT2D eigenvalue weighted by molar-refractivity contribution is -0.132. The molecule has 1 fully saturated rings. The lowest BCUT2D eigenvalue weighted by atomic mass is 9.75. The standard InChI is InChI=1S/C13H23NO2/c1-9(11(15)16)6-10-7-12(2,3)14-13(4,5)8-10/h6,10,14H,7-8H2,1-5H3,(H,15,16). The van der Waals surface area contributed by atoms with E-state index in [9.17, 15) is 4.79 Å². The van der Waals surface area contributed by atoms with Crippen molar-refractivity contribution in [2.45, 2.75) is 58.5 Å². The Bertz CT molecular complexity index is 300. The number of carboxylic acids is 1. The molecule has 0 amide bonds. The zero-order valence-electron chi connectivity index (χ0n) is 10.9. The van der Waals surface area contributed by atoms with Crippen LogP contribution in [0.3, 0.4) is 0 Å². The van der Waals surface area contributed by atoms with E-state index in [1.54, 1.807) is 6.92 Å². The first kappa shape index (κ1) is 13.2. The second-order valence-corrected chi connectivity index (χ2v) is 6.22.